The average Bonchev–Trinajstić information content (AvgIpc) is 3.03. The number of thiocarbonyl (C=S) groups is 1. The largest absolute Gasteiger partial charge is 0.356 e. The maximum Gasteiger partial charge on any atom is 0.171 e. The summed E-state index contributed by atoms with van der Waals surface area (Å²) >= 11 is 5.48. The van der Waals surface area contributed by atoms with Crippen LogP contribution in [0.1, 0.15) is 47.5 Å². The summed E-state index contributed by atoms with van der Waals surface area (Å²) in [5.74, 6) is 0. The lowest BCUT2D eigenvalue weighted by Gasteiger charge is -2.18. The molecule has 2 aromatic rings. The van der Waals surface area contributed by atoms with Crippen LogP contribution in [0.3, 0.4) is 0 Å². The number of aryl methyl sites for hydroxylation is 4. The zero-order valence-corrected chi connectivity index (χ0v) is 15.0. The maximum atomic E-state index is 5.48. The van der Waals surface area contributed by atoms with E-state index >= 15 is 0 Å². The van der Waals surface area contributed by atoms with Crippen molar-refractivity contribution < 1.29 is 0 Å². The van der Waals surface area contributed by atoms with Crippen molar-refractivity contribution in [1.29, 1.82) is 0 Å². The Labute approximate surface area is 143 Å². The molecule has 0 fully saturated rings. The van der Waals surface area contributed by atoms with Crippen LogP contribution in [0, 0.1) is 13.8 Å². The molecule has 1 unspecified atom stereocenters. The molecule has 1 aliphatic rings. The molecule has 0 aliphatic heterocycles. The summed E-state index contributed by atoms with van der Waals surface area (Å²) < 4.78 is 1.92. The predicted molar refractivity (Wildman–Crippen MR) is 98.9 cm³/mol. The van der Waals surface area contributed by atoms with Crippen molar-refractivity contribution in [2.24, 2.45) is 7.05 Å². The molecule has 0 spiro atoms. The zero-order valence-electron chi connectivity index (χ0n) is 14.2. The zero-order chi connectivity index (χ0) is 16.6. The van der Waals surface area contributed by atoms with Gasteiger partial charge in [0.25, 0.3) is 0 Å². The van der Waals surface area contributed by atoms with E-state index in [9.17, 15) is 0 Å². The van der Waals surface area contributed by atoms with E-state index in [1.165, 1.54) is 41.6 Å². The molecule has 1 aliphatic carbocycles. The number of anilines is 1. The van der Waals surface area contributed by atoms with Gasteiger partial charge in [-0.1, -0.05) is 6.07 Å². The Kier molecular flexibility index (Phi) is 4.39. The van der Waals surface area contributed by atoms with Crippen LogP contribution in [0.5, 0.6) is 0 Å². The number of nitrogens with one attached hydrogen (secondary N) is 2. The van der Waals surface area contributed by atoms with Gasteiger partial charge in [0.1, 0.15) is 0 Å². The van der Waals surface area contributed by atoms with E-state index in [0.29, 0.717) is 5.11 Å². The molecule has 0 amide bonds. The first-order valence-corrected chi connectivity index (χ1v) is 8.56. The Morgan fingerprint density at radius 3 is 2.70 bits per heavy atom. The van der Waals surface area contributed by atoms with Crippen LogP contribution >= 0.6 is 12.2 Å². The molecule has 4 nitrogen and oxygen atoms in total. The van der Waals surface area contributed by atoms with E-state index in [1.54, 1.807) is 0 Å². The van der Waals surface area contributed by atoms with Gasteiger partial charge in [-0.25, -0.2) is 0 Å². The number of rotatable bonds is 3. The van der Waals surface area contributed by atoms with Crippen molar-refractivity contribution >= 4 is 23.0 Å². The van der Waals surface area contributed by atoms with Crippen LogP contribution in [0.4, 0.5) is 5.69 Å². The smallest absolute Gasteiger partial charge is 0.171 e. The minimum absolute atomic E-state index is 0.123. The minimum Gasteiger partial charge on any atom is -0.356 e. The SMILES string of the molecule is Cc1nn(C)c(C)c1C(C)NC(=S)Nc1ccc2c(c1)CCC2. The normalized spacial score (nSPS) is 14.4. The molecule has 23 heavy (non-hydrogen) atoms. The highest BCUT2D eigenvalue weighted by Gasteiger charge is 2.17. The monoisotopic (exact) mass is 328 g/mol. The van der Waals surface area contributed by atoms with Crippen molar-refractivity contribution in [3.8, 4) is 0 Å². The van der Waals surface area contributed by atoms with Gasteiger partial charge in [-0.15, -0.1) is 0 Å². The Morgan fingerprint density at radius 1 is 1.26 bits per heavy atom. The molecule has 2 N–H and O–H groups in total. The first kappa shape index (κ1) is 16.0. The van der Waals surface area contributed by atoms with E-state index in [-0.39, 0.29) is 6.04 Å². The van der Waals surface area contributed by atoms with Gasteiger partial charge < -0.3 is 10.6 Å². The minimum atomic E-state index is 0.123. The molecule has 1 atom stereocenters. The number of benzene rings is 1. The predicted octanol–water partition coefficient (Wildman–Crippen LogP) is 3.57. The molecular formula is C18H24N4S. The van der Waals surface area contributed by atoms with E-state index in [0.717, 1.165) is 11.4 Å². The molecule has 1 aromatic carbocycles. The van der Waals surface area contributed by atoms with Crippen LogP contribution in [0.15, 0.2) is 18.2 Å². The number of nitrogens with zero attached hydrogens (tertiary/aromatic N) is 2. The van der Waals surface area contributed by atoms with Gasteiger partial charge in [0, 0.05) is 24.0 Å². The van der Waals surface area contributed by atoms with Crippen molar-refractivity contribution in [1.82, 2.24) is 15.1 Å². The lowest BCUT2D eigenvalue weighted by molar-refractivity contribution is 0.700. The maximum absolute atomic E-state index is 5.48. The Balaban J connectivity index is 1.67. The summed E-state index contributed by atoms with van der Waals surface area (Å²) in [4.78, 5) is 0. The van der Waals surface area contributed by atoms with E-state index in [4.69, 9.17) is 12.2 Å². The third-order valence-corrected chi connectivity index (χ3v) is 4.92. The third kappa shape index (κ3) is 3.24. The van der Waals surface area contributed by atoms with Crippen LogP contribution < -0.4 is 10.6 Å². The molecule has 0 radical (unpaired) electrons. The second kappa shape index (κ2) is 6.32. The van der Waals surface area contributed by atoms with Gasteiger partial charge >= 0.3 is 0 Å². The van der Waals surface area contributed by atoms with E-state index < -0.39 is 0 Å². The summed E-state index contributed by atoms with van der Waals surface area (Å²) in [7, 11) is 1.97. The highest BCUT2D eigenvalue weighted by Crippen LogP contribution is 2.25. The number of hydrogen-bond acceptors (Lipinski definition) is 2. The lowest BCUT2D eigenvalue weighted by atomic mass is 10.1. The summed E-state index contributed by atoms with van der Waals surface area (Å²) in [5, 5.41) is 11.8. The van der Waals surface area contributed by atoms with Crippen LogP contribution in [0.25, 0.3) is 0 Å². The van der Waals surface area contributed by atoms with Crippen molar-refractivity contribution in [2.45, 2.75) is 46.1 Å². The van der Waals surface area contributed by atoms with Gasteiger partial charge in [0.2, 0.25) is 0 Å². The molecule has 3 rings (SSSR count). The quantitative estimate of drug-likeness (QED) is 0.845. The highest BCUT2D eigenvalue weighted by molar-refractivity contribution is 7.80. The van der Waals surface area contributed by atoms with Gasteiger partial charge in [-0.05, 0) is 75.5 Å². The molecule has 5 heteroatoms. The average molecular weight is 328 g/mol. The first-order valence-electron chi connectivity index (χ1n) is 8.15. The molecular weight excluding hydrogens is 304 g/mol. The first-order chi connectivity index (χ1) is 11.0. The topological polar surface area (TPSA) is 41.9 Å². The second-order valence-electron chi connectivity index (χ2n) is 6.37. The highest BCUT2D eigenvalue weighted by atomic mass is 32.1. The summed E-state index contributed by atoms with van der Waals surface area (Å²) in [5.41, 5.74) is 7.42. The fourth-order valence-corrected chi connectivity index (χ4v) is 3.80. The molecule has 0 saturated heterocycles. The standard InChI is InChI=1S/C18H24N4S/c1-11(17-12(2)21-22(4)13(17)3)19-18(23)20-16-9-8-14-6-5-7-15(14)10-16/h8-11H,5-7H2,1-4H3,(H2,19,20,23). The molecule has 122 valence electrons. The van der Waals surface area contributed by atoms with Crippen molar-refractivity contribution in [2.75, 3.05) is 5.32 Å². The van der Waals surface area contributed by atoms with Gasteiger partial charge in [0.15, 0.2) is 5.11 Å². The Bertz CT molecular complexity index is 748. The Hall–Kier alpha value is -1.88. The summed E-state index contributed by atoms with van der Waals surface area (Å²) in [6, 6.07) is 6.68. The van der Waals surface area contributed by atoms with E-state index in [2.05, 4.69) is 47.8 Å². The van der Waals surface area contributed by atoms with Crippen LogP contribution in [-0.2, 0) is 19.9 Å². The number of hydrogen-bond donors (Lipinski definition) is 2. The molecule has 0 bridgehead atoms. The van der Waals surface area contributed by atoms with Gasteiger partial charge in [-0.2, -0.15) is 5.10 Å². The van der Waals surface area contributed by atoms with Crippen LogP contribution in [0.2, 0.25) is 0 Å². The lowest BCUT2D eigenvalue weighted by Crippen LogP contribution is -2.31. The number of aromatic nitrogens is 2. The fourth-order valence-electron chi connectivity index (χ4n) is 3.50. The Morgan fingerprint density at radius 2 is 2.00 bits per heavy atom. The van der Waals surface area contributed by atoms with Gasteiger partial charge in [0.05, 0.1) is 11.7 Å². The third-order valence-electron chi connectivity index (χ3n) is 4.70. The van der Waals surface area contributed by atoms with Crippen molar-refractivity contribution in [3.05, 3.63) is 46.3 Å². The number of fused-ring (bicyclic) bond motifs is 1. The van der Waals surface area contributed by atoms with E-state index in [1.807, 2.05) is 18.7 Å². The molecule has 1 heterocycles. The molecule has 1 aromatic heterocycles. The summed E-state index contributed by atoms with van der Waals surface area (Å²) in [6.07, 6.45) is 3.64. The van der Waals surface area contributed by atoms with Crippen LogP contribution in [-0.4, -0.2) is 14.9 Å². The molecule has 0 saturated carbocycles. The summed E-state index contributed by atoms with van der Waals surface area (Å²) in [6.45, 7) is 6.25. The fraction of sp³-hybridized carbons (Fsp3) is 0.444. The van der Waals surface area contributed by atoms with Gasteiger partial charge in [-0.3, -0.25) is 4.68 Å². The second-order valence-corrected chi connectivity index (χ2v) is 6.77. The van der Waals surface area contributed by atoms with Crippen molar-refractivity contribution in [3.63, 3.8) is 0 Å².